The summed E-state index contributed by atoms with van der Waals surface area (Å²) in [5.41, 5.74) is 6.78. The summed E-state index contributed by atoms with van der Waals surface area (Å²) >= 11 is 0. The number of anilines is 1. The summed E-state index contributed by atoms with van der Waals surface area (Å²) in [5, 5.41) is 3.81. The number of carbonyl (C=O) groups is 2. The molecule has 0 fully saturated rings. The predicted molar refractivity (Wildman–Crippen MR) is 164 cm³/mol. The lowest BCUT2D eigenvalue weighted by Crippen LogP contribution is -2.41. The number of nitrogens with two attached hydrogens (primary N) is 2. The van der Waals surface area contributed by atoms with Crippen LogP contribution in [0.25, 0.3) is 0 Å². The maximum atomic E-state index is 12.9. The van der Waals surface area contributed by atoms with Crippen molar-refractivity contribution in [1.82, 2.24) is 5.32 Å². The number of ether oxygens (including phenoxy) is 6. The Morgan fingerprint density at radius 1 is 1.02 bits per heavy atom. The molecular formula is C32H35F3N4O8. The van der Waals surface area contributed by atoms with Crippen LogP contribution in [0.4, 0.5) is 18.9 Å². The zero-order chi connectivity index (χ0) is 34.1. The number of nitrogens with one attached hydrogen (secondary N) is 1. The normalized spacial score (nSPS) is 16.5. The molecule has 3 aromatic carbocycles. The van der Waals surface area contributed by atoms with Gasteiger partial charge in [-0.3, -0.25) is 14.6 Å². The van der Waals surface area contributed by atoms with Crippen molar-refractivity contribution >= 4 is 18.1 Å². The van der Waals surface area contributed by atoms with Gasteiger partial charge in [-0.15, -0.1) is 0 Å². The average molecular weight is 661 g/mol. The second kappa shape index (κ2) is 15.3. The first-order valence-electron chi connectivity index (χ1n) is 14.2. The van der Waals surface area contributed by atoms with E-state index in [1.165, 1.54) is 0 Å². The molecule has 0 radical (unpaired) electrons. The second-order valence-electron chi connectivity index (χ2n) is 10.3. The molecule has 0 saturated heterocycles. The highest BCUT2D eigenvalue weighted by molar-refractivity contribution is 5.93. The molecule has 1 aliphatic heterocycles. The number of carbonyl (C=O) groups excluding carboxylic acids is 2. The van der Waals surface area contributed by atoms with E-state index in [9.17, 15) is 22.8 Å². The first-order chi connectivity index (χ1) is 22.5. The summed E-state index contributed by atoms with van der Waals surface area (Å²) in [7, 11) is 4.77. The van der Waals surface area contributed by atoms with Gasteiger partial charge >= 0.3 is 6.18 Å². The van der Waals surface area contributed by atoms with Gasteiger partial charge in [-0.25, -0.2) is 5.84 Å². The van der Waals surface area contributed by atoms with E-state index >= 15 is 0 Å². The molecule has 5 rings (SSSR count). The second-order valence-corrected chi connectivity index (χ2v) is 10.3. The standard InChI is InChI=1S/C23H23F3N4O5.C9H12O3/c24-23(25,26)15-3-5-16(6-4-15)30(28)9-18(27)22(32)29-21-14(10-33-11-31)2-1-13-7-19-20(8-17(13)21)35-12-34-19;1-10-7-5-4-6-8(11-2)9(7)12-3/h3-9,11,14,21H,1-2,10,12,27-28H2,(H,29,32);4-6H,1-3H3/b18-9-;. The molecule has 1 heterocycles. The number of benzene rings is 3. The van der Waals surface area contributed by atoms with E-state index in [0.29, 0.717) is 48.1 Å². The molecule has 5 N–H and O–H groups in total. The Balaban J connectivity index is 0.000000351. The number of nitrogens with zero attached hydrogens (tertiary/aromatic N) is 1. The first-order valence-corrected chi connectivity index (χ1v) is 14.2. The molecule has 0 aromatic heterocycles. The number of rotatable bonds is 10. The molecule has 15 heteroatoms. The molecule has 0 saturated carbocycles. The number of methoxy groups -OCH3 is 3. The van der Waals surface area contributed by atoms with Gasteiger partial charge in [-0.2, -0.15) is 13.2 Å². The van der Waals surface area contributed by atoms with Gasteiger partial charge in [0.05, 0.1) is 45.2 Å². The summed E-state index contributed by atoms with van der Waals surface area (Å²) in [6.07, 6.45) is -2.06. The molecule has 1 amide bonds. The summed E-state index contributed by atoms with van der Waals surface area (Å²) in [4.78, 5) is 23.7. The Hall–Kier alpha value is -5.31. The Kier molecular flexibility index (Phi) is 11.3. The quantitative estimate of drug-likeness (QED) is 0.124. The summed E-state index contributed by atoms with van der Waals surface area (Å²) < 4.78 is 69.4. The third kappa shape index (κ3) is 8.30. The van der Waals surface area contributed by atoms with Crippen LogP contribution in [0.2, 0.25) is 0 Å². The molecule has 252 valence electrons. The first kappa shape index (κ1) is 34.6. The van der Waals surface area contributed by atoms with Crippen LogP contribution in [-0.4, -0.2) is 47.1 Å². The maximum absolute atomic E-state index is 12.9. The molecule has 2 unspecified atom stereocenters. The lowest BCUT2D eigenvalue weighted by molar-refractivity contribution is -0.137. The van der Waals surface area contributed by atoms with E-state index < -0.39 is 23.7 Å². The van der Waals surface area contributed by atoms with E-state index in [1.54, 1.807) is 27.4 Å². The minimum atomic E-state index is -4.48. The molecular weight excluding hydrogens is 625 g/mol. The SMILES string of the molecule is COc1cccc(OC)c1OC.N/C(=C\N(N)c1ccc(C(F)(F)F)cc1)C(=O)NC1c2cc3c(cc2CCC1COC=O)OCO3. The van der Waals surface area contributed by atoms with Crippen molar-refractivity contribution < 1.29 is 51.2 Å². The summed E-state index contributed by atoms with van der Waals surface area (Å²) in [5.74, 6) is 8.14. The van der Waals surface area contributed by atoms with Crippen LogP contribution in [-0.2, 0) is 26.9 Å². The number of para-hydroxylation sites is 1. The molecule has 2 aliphatic rings. The van der Waals surface area contributed by atoms with E-state index in [0.717, 1.165) is 46.6 Å². The van der Waals surface area contributed by atoms with Crippen LogP contribution in [0.5, 0.6) is 28.7 Å². The zero-order valence-corrected chi connectivity index (χ0v) is 25.8. The molecule has 0 spiro atoms. The number of hydrogen-bond donors (Lipinski definition) is 3. The third-order valence-electron chi connectivity index (χ3n) is 7.51. The fraction of sp³-hybridized carbons (Fsp3) is 0.312. The van der Waals surface area contributed by atoms with Gasteiger partial charge in [0, 0.05) is 12.1 Å². The highest BCUT2D eigenvalue weighted by Gasteiger charge is 2.34. The van der Waals surface area contributed by atoms with E-state index in [2.05, 4.69) is 5.32 Å². The molecule has 1 aliphatic carbocycles. The van der Waals surface area contributed by atoms with Gasteiger partial charge in [0.1, 0.15) is 5.70 Å². The fourth-order valence-electron chi connectivity index (χ4n) is 5.15. The Morgan fingerprint density at radius 2 is 1.66 bits per heavy atom. The van der Waals surface area contributed by atoms with E-state index in [1.807, 2.05) is 24.3 Å². The van der Waals surface area contributed by atoms with Crippen molar-refractivity contribution in [2.24, 2.45) is 17.5 Å². The Bertz CT molecular complexity index is 1560. The molecule has 47 heavy (non-hydrogen) atoms. The topological polar surface area (TPSA) is 157 Å². The van der Waals surface area contributed by atoms with Gasteiger partial charge < -0.3 is 39.5 Å². The van der Waals surface area contributed by atoms with Gasteiger partial charge in [0.15, 0.2) is 23.0 Å². The Morgan fingerprint density at radius 3 is 2.23 bits per heavy atom. The summed E-state index contributed by atoms with van der Waals surface area (Å²) in [6, 6.07) is 12.7. The van der Waals surface area contributed by atoms with Crippen LogP contribution in [0, 0.1) is 5.92 Å². The molecule has 3 aromatic rings. The largest absolute Gasteiger partial charge is 0.493 e. The van der Waals surface area contributed by atoms with E-state index in [4.69, 9.17) is 40.0 Å². The van der Waals surface area contributed by atoms with Crippen LogP contribution in [0.3, 0.4) is 0 Å². The highest BCUT2D eigenvalue weighted by Crippen LogP contribution is 2.43. The third-order valence-corrected chi connectivity index (χ3v) is 7.51. The lowest BCUT2D eigenvalue weighted by Gasteiger charge is -2.34. The number of aryl methyl sites for hydroxylation is 1. The number of hydrazine groups is 1. The molecule has 2 atom stereocenters. The van der Waals surface area contributed by atoms with Crippen molar-refractivity contribution in [3.05, 3.63) is 83.2 Å². The maximum Gasteiger partial charge on any atom is 0.416 e. The number of fused-ring (bicyclic) bond motifs is 2. The highest BCUT2D eigenvalue weighted by atomic mass is 19.4. The van der Waals surface area contributed by atoms with Crippen molar-refractivity contribution in [2.45, 2.75) is 25.1 Å². The van der Waals surface area contributed by atoms with Gasteiger partial charge in [-0.05, 0) is 72.5 Å². The monoisotopic (exact) mass is 660 g/mol. The van der Waals surface area contributed by atoms with Crippen molar-refractivity contribution in [3.63, 3.8) is 0 Å². The van der Waals surface area contributed by atoms with E-state index in [-0.39, 0.29) is 30.7 Å². The minimum absolute atomic E-state index is 0.0838. The smallest absolute Gasteiger partial charge is 0.416 e. The number of hydrogen-bond acceptors (Lipinski definition) is 11. The van der Waals surface area contributed by atoms with Crippen LogP contribution in [0.15, 0.2) is 66.5 Å². The number of alkyl halides is 3. The van der Waals surface area contributed by atoms with Crippen LogP contribution >= 0.6 is 0 Å². The van der Waals surface area contributed by atoms with Crippen molar-refractivity contribution in [3.8, 4) is 28.7 Å². The average Bonchev–Trinajstić information content (AvgIpc) is 3.53. The van der Waals surface area contributed by atoms with Crippen molar-refractivity contribution in [2.75, 3.05) is 39.7 Å². The minimum Gasteiger partial charge on any atom is -0.493 e. The van der Waals surface area contributed by atoms with Crippen molar-refractivity contribution in [1.29, 1.82) is 0 Å². The van der Waals surface area contributed by atoms with Gasteiger partial charge in [0.25, 0.3) is 12.4 Å². The lowest BCUT2D eigenvalue weighted by atomic mass is 9.79. The zero-order valence-electron chi connectivity index (χ0n) is 25.8. The van der Waals surface area contributed by atoms with Crippen LogP contribution < -0.4 is 45.6 Å². The van der Waals surface area contributed by atoms with Crippen LogP contribution in [0.1, 0.15) is 29.2 Å². The molecule has 0 bridgehead atoms. The predicted octanol–water partition coefficient (Wildman–Crippen LogP) is 4.22. The summed E-state index contributed by atoms with van der Waals surface area (Å²) in [6.45, 7) is 0.526. The number of halogens is 3. The molecule has 12 nitrogen and oxygen atoms in total. The van der Waals surface area contributed by atoms with Gasteiger partial charge in [0.2, 0.25) is 12.5 Å². The fourth-order valence-corrected chi connectivity index (χ4v) is 5.15. The number of amides is 1. The van der Waals surface area contributed by atoms with Gasteiger partial charge in [-0.1, -0.05) is 6.07 Å². The Labute approximate surface area is 268 Å².